The Hall–Kier alpha value is -2.16. The molecule has 2 aromatic rings. The lowest BCUT2D eigenvalue weighted by Crippen LogP contribution is -2.27. The van der Waals surface area contributed by atoms with Gasteiger partial charge in [-0.05, 0) is 43.3 Å². The Labute approximate surface area is 141 Å². The lowest BCUT2D eigenvalue weighted by atomic mass is 10.1. The number of hydrogen-bond acceptors (Lipinski definition) is 3. The van der Waals surface area contributed by atoms with Crippen LogP contribution in [0.1, 0.15) is 28.2 Å². The molecule has 0 aliphatic rings. The molecular formula is C15H17F3N4OS. The first kappa shape index (κ1) is 18.2. The van der Waals surface area contributed by atoms with E-state index in [1.54, 1.807) is 11.5 Å². The number of aromatic nitrogens is 3. The van der Waals surface area contributed by atoms with E-state index in [0.29, 0.717) is 29.0 Å². The number of aryl methyl sites for hydroxylation is 2. The number of H-pyrrole nitrogens is 1. The third-order valence-corrected chi connectivity index (χ3v) is 3.80. The minimum absolute atomic E-state index is 0.0938. The number of benzene rings is 1. The van der Waals surface area contributed by atoms with E-state index in [1.165, 1.54) is 24.3 Å². The summed E-state index contributed by atoms with van der Waals surface area (Å²) in [6.07, 6.45) is -5.14. The number of hydrogen-bond donors (Lipinski definition) is 2. The summed E-state index contributed by atoms with van der Waals surface area (Å²) in [7, 11) is 0. The molecule has 2 rings (SSSR count). The number of amides is 1. The lowest BCUT2D eigenvalue weighted by molar-refractivity contribution is -0.134. The van der Waals surface area contributed by atoms with Gasteiger partial charge in [0.2, 0.25) is 0 Å². The van der Waals surface area contributed by atoms with E-state index in [4.69, 9.17) is 12.2 Å². The number of carbonyl (C=O) groups excluding carboxylic acids is 1. The Morgan fingerprint density at radius 1 is 1.33 bits per heavy atom. The molecule has 5 nitrogen and oxygen atoms in total. The van der Waals surface area contributed by atoms with Gasteiger partial charge in [-0.25, -0.2) is 0 Å². The van der Waals surface area contributed by atoms with Crippen molar-refractivity contribution in [2.24, 2.45) is 0 Å². The van der Waals surface area contributed by atoms with E-state index in [2.05, 4.69) is 15.5 Å². The fraction of sp³-hybridized carbons (Fsp3) is 0.400. The van der Waals surface area contributed by atoms with Gasteiger partial charge in [0.1, 0.15) is 5.82 Å². The Kier molecular flexibility index (Phi) is 5.76. The molecule has 0 unspecified atom stereocenters. The Bertz CT molecular complexity index is 749. The normalized spacial score (nSPS) is 11.5. The smallest absolute Gasteiger partial charge is 0.350 e. The van der Waals surface area contributed by atoms with Crippen molar-refractivity contribution in [3.63, 3.8) is 0 Å². The summed E-state index contributed by atoms with van der Waals surface area (Å²) in [5.74, 6) is 0.438. The first-order valence-electron chi connectivity index (χ1n) is 7.32. The van der Waals surface area contributed by atoms with E-state index < -0.39 is 12.6 Å². The SMILES string of the molecule is Cc1n[nH]c(=S)n1CCNC(=O)c1ccc(CCC(F)(F)F)cc1. The zero-order valence-electron chi connectivity index (χ0n) is 13.0. The van der Waals surface area contributed by atoms with E-state index in [9.17, 15) is 18.0 Å². The van der Waals surface area contributed by atoms with Crippen molar-refractivity contribution in [1.82, 2.24) is 20.1 Å². The number of rotatable bonds is 6. The average Bonchev–Trinajstić information content (AvgIpc) is 2.84. The molecule has 0 atom stereocenters. The second-order valence-electron chi connectivity index (χ2n) is 5.30. The van der Waals surface area contributed by atoms with Crippen LogP contribution in [0.15, 0.2) is 24.3 Å². The summed E-state index contributed by atoms with van der Waals surface area (Å²) in [5.41, 5.74) is 0.947. The summed E-state index contributed by atoms with van der Waals surface area (Å²) in [4.78, 5) is 12.0. The predicted molar refractivity (Wildman–Crippen MR) is 85.3 cm³/mol. The maximum atomic E-state index is 12.2. The van der Waals surface area contributed by atoms with Crippen molar-refractivity contribution in [3.8, 4) is 0 Å². The third kappa shape index (κ3) is 5.19. The number of halogens is 3. The van der Waals surface area contributed by atoms with Gasteiger partial charge in [0.25, 0.3) is 5.91 Å². The van der Waals surface area contributed by atoms with Crippen LogP contribution in [0.3, 0.4) is 0 Å². The minimum atomic E-state index is -4.18. The van der Waals surface area contributed by atoms with Crippen LogP contribution in [0.2, 0.25) is 0 Å². The highest BCUT2D eigenvalue weighted by Crippen LogP contribution is 2.22. The quantitative estimate of drug-likeness (QED) is 0.780. The largest absolute Gasteiger partial charge is 0.389 e. The maximum Gasteiger partial charge on any atom is 0.389 e. The highest BCUT2D eigenvalue weighted by atomic mass is 32.1. The second kappa shape index (κ2) is 7.61. The molecule has 0 aliphatic carbocycles. The average molecular weight is 358 g/mol. The monoisotopic (exact) mass is 358 g/mol. The molecule has 24 heavy (non-hydrogen) atoms. The molecule has 0 fully saturated rings. The topological polar surface area (TPSA) is 62.7 Å². The molecule has 1 amide bonds. The minimum Gasteiger partial charge on any atom is -0.350 e. The van der Waals surface area contributed by atoms with Crippen LogP contribution < -0.4 is 5.32 Å². The zero-order chi connectivity index (χ0) is 17.7. The number of carbonyl (C=O) groups is 1. The maximum absolute atomic E-state index is 12.2. The fourth-order valence-electron chi connectivity index (χ4n) is 2.15. The van der Waals surface area contributed by atoms with E-state index in [0.717, 1.165) is 5.82 Å². The summed E-state index contributed by atoms with van der Waals surface area (Å²) >= 11 is 5.06. The van der Waals surface area contributed by atoms with E-state index >= 15 is 0 Å². The Balaban J connectivity index is 1.85. The van der Waals surface area contributed by atoms with Crippen molar-refractivity contribution in [1.29, 1.82) is 0 Å². The molecule has 2 N–H and O–H groups in total. The van der Waals surface area contributed by atoms with Crippen molar-refractivity contribution < 1.29 is 18.0 Å². The summed E-state index contributed by atoms with van der Waals surface area (Å²) in [6, 6.07) is 6.12. The van der Waals surface area contributed by atoms with Gasteiger partial charge in [0, 0.05) is 25.1 Å². The fourth-order valence-corrected chi connectivity index (χ4v) is 2.42. The van der Waals surface area contributed by atoms with Gasteiger partial charge < -0.3 is 9.88 Å². The summed E-state index contributed by atoms with van der Waals surface area (Å²) in [6.45, 7) is 2.65. The van der Waals surface area contributed by atoms with Crippen molar-refractivity contribution in [2.75, 3.05) is 6.54 Å². The number of nitrogens with zero attached hydrogens (tertiary/aromatic N) is 2. The van der Waals surface area contributed by atoms with Crippen molar-refractivity contribution in [2.45, 2.75) is 32.5 Å². The van der Waals surface area contributed by atoms with Crippen LogP contribution in [0.25, 0.3) is 0 Å². The van der Waals surface area contributed by atoms with Crippen LogP contribution in [-0.4, -0.2) is 33.4 Å². The van der Waals surface area contributed by atoms with Crippen LogP contribution in [0.5, 0.6) is 0 Å². The molecule has 0 saturated carbocycles. The molecule has 1 aromatic heterocycles. The predicted octanol–water partition coefficient (Wildman–Crippen LogP) is 3.17. The molecule has 0 saturated heterocycles. The van der Waals surface area contributed by atoms with Crippen LogP contribution in [0.4, 0.5) is 13.2 Å². The Morgan fingerprint density at radius 3 is 2.54 bits per heavy atom. The van der Waals surface area contributed by atoms with Gasteiger partial charge >= 0.3 is 6.18 Å². The first-order chi connectivity index (χ1) is 11.3. The Morgan fingerprint density at radius 2 is 2.00 bits per heavy atom. The number of alkyl halides is 3. The molecule has 0 spiro atoms. The van der Waals surface area contributed by atoms with E-state index in [1.807, 2.05) is 0 Å². The summed E-state index contributed by atoms with van der Waals surface area (Å²) < 4.78 is 38.8. The van der Waals surface area contributed by atoms with Gasteiger partial charge in [-0.2, -0.15) is 18.3 Å². The molecule has 1 heterocycles. The molecule has 130 valence electrons. The summed E-state index contributed by atoms with van der Waals surface area (Å²) in [5, 5.41) is 9.37. The second-order valence-corrected chi connectivity index (χ2v) is 5.68. The van der Waals surface area contributed by atoms with Crippen LogP contribution in [-0.2, 0) is 13.0 Å². The molecule has 1 aromatic carbocycles. The van der Waals surface area contributed by atoms with Gasteiger partial charge in [-0.1, -0.05) is 12.1 Å². The van der Waals surface area contributed by atoms with Gasteiger partial charge in [0.15, 0.2) is 4.77 Å². The van der Waals surface area contributed by atoms with Gasteiger partial charge in [-0.3, -0.25) is 9.89 Å². The van der Waals surface area contributed by atoms with Gasteiger partial charge in [-0.15, -0.1) is 0 Å². The molecule has 9 heteroatoms. The van der Waals surface area contributed by atoms with Crippen LogP contribution >= 0.6 is 12.2 Å². The molecule has 0 aliphatic heterocycles. The van der Waals surface area contributed by atoms with Gasteiger partial charge in [0.05, 0.1) is 0 Å². The number of aromatic amines is 1. The van der Waals surface area contributed by atoms with Crippen molar-refractivity contribution >= 4 is 18.1 Å². The first-order valence-corrected chi connectivity index (χ1v) is 7.73. The molecule has 0 radical (unpaired) electrons. The third-order valence-electron chi connectivity index (χ3n) is 3.48. The van der Waals surface area contributed by atoms with E-state index in [-0.39, 0.29) is 12.3 Å². The lowest BCUT2D eigenvalue weighted by Gasteiger charge is -2.08. The highest BCUT2D eigenvalue weighted by molar-refractivity contribution is 7.71. The van der Waals surface area contributed by atoms with Crippen molar-refractivity contribution in [3.05, 3.63) is 46.0 Å². The standard InChI is InChI=1S/C15H17F3N4OS/c1-10-20-21-14(24)22(10)9-8-19-13(23)12-4-2-11(3-5-12)6-7-15(16,17)18/h2-5H,6-9H2,1H3,(H,19,23)(H,21,24). The molecular weight excluding hydrogens is 341 g/mol. The zero-order valence-corrected chi connectivity index (χ0v) is 13.8. The highest BCUT2D eigenvalue weighted by Gasteiger charge is 2.26. The number of nitrogens with one attached hydrogen (secondary N) is 2. The molecule has 0 bridgehead atoms. The van der Waals surface area contributed by atoms with Crippen LogP contribution in [0, 0.1) is 11.7 Å².